The van der Waals surface area contributed by atoms with Crippen LogP contribution in [0.2, 0.25) is 0 Å². The third kappa shape index (κ3) is 6.98. The second-order valence-corrected chi connectivity index (χ2v) is 13.3. The SMILES string of the molecule is CCN(CC)c1ncc(N(CC)C(=O)C(F)(F)F)c(NC(Cc2ccc(N3C(=O)[C@H](N4C(=O)N(C)C5(CCCCC5)C4=O)N(CC)C3=O)cc2)C(=O)O)n1. The van der Waals surface area contributed by atoms with Crippen molar-refractivity contribution >= 4 is 58.9 Å². The quantitative estimate of drug-likeness (QED) is 0.282. The molecule has 1 unspecified atom stereocenters. The minimum atomic E-state index is -5.22. The van der Waals surface area contributed by atoms with Gasteiger partial charge in [-0.1, -0.05) is 31.4 Å². The topological polar surface area (TPSA) is 180 Å². The number of benzene rings is 1. The number of halogens is 3. The molecule has 2 N–H and O–H groups in total. The van der Waals surface area contributed by atoms with Crippen LogP contribution in [-0.4, -0.2) is 123 Å². The first kappa shape index (κ1) is 39.7. The number of hydrogen-bond donors (Lipinski definition) is 2. The number of hydrogen-bond acceptors (Lipinski definition) is 10. The van der Waals surface area contributed by atoms with E-state index in [-0.39, 0.29) is 36.1 Å². The van der Waals surface area contributed by atoms with Crippen molar-refractivity contribution in [2.75, 3.05) is 53.2 Å². The van der Waals surface area contributed by atoms with Crippen LogP contribution in [0.1, 0.15) is 65.4 Å². The third-order valence-electron chi connectivity index (χ3n) is 10.3. The number of carboxylic acid groups (broad SMARTS) is 1. The predicted octanol–water partition coefficient (Wildman–Crippen LogP) is 4.06. The Kier molecular flexibility index (Phi) is 11.4. The molecule has 3 fully saturated rings. The van der Waals surface area contributed by atoms with Crippen LogP contribution >= 0.6 is 0 Å². The third-order valence-corrected chi connectivity index (χ3v) is 10.3. The van der Waals surface area contributed by atoms with Gasteiger partial charge in [-0.05, 0) is 58.2 Å². The van der Waals surface area contributed by atoms with E-state index in [1.807, 2.05) is 13.8 Å². The van der Waals surface area contributed by atoms with Gasteiger partial charge in [-0.3, -0.25) is 19.3 Å². The first-order chi connectivity index (χ1) is 25.6. The molecule has 2 atom stereocenters. The molecular weight excluding hydrogens is 715 g/mol. The van der Waals surface area contributed by atoms with Gasteiger partial charge in [-0.15, -0.1) is 0 Å². The molecule has 2 saturated heterocycles. The van der Waals surface area contributed by atoms with E-state index in [2.05, 4.69) is 15.3 Å². The Morgan fingerprint density at radius 3 is 2.15 bits per heavy atom. The van der Waals surface area contributed by atoms with Crippen molar-refractivity contribution in [1.82, 2.24) is 24.7 Å². The van der Waals surface area contributed by atoms with Crippen molar-refractivity contribution in [3.8, 4) is 0 Å². The zero-order valence-electron chi connectivity index (χ0n) is 30.7. The van der Waals surface area contributed by atoms with Gasteiger partial charge in [0.1, 0.15) is 17.3 Å². The molecule has 0 bridgehead atoms. The summed E-state index contributed by atoms with van der Waals surface area (Å²) < 4.78 is 40.6. The number of aromatic nitrogens is 2. The molecular formula is C35H44F3N9O7. The largest absolute Gasteiger partial charge is 0.480 e. The van der Waals surface area contributed by atoms with Crippen molar-refractivity contribution < 1.29 is 47.0 Å². The number of nitrogens with zero attached hydrogens (tertiary/aromatic N) is 8. The fraction of sp³-hybridized carbons (Fsp3) is 0.543. The molecule has 19 heteroatoms. The second kappa shape index (κ2) is 15.5. The standard InChI is InChI=1S/C35H44F3N9O7/c1-6-43(7-2)31-39-20-24(44(8-3)30(52)35(36,37)38)25(41-31)40-23(28(49)50)19-21-13-15-22(16-14-21)46-27(48)26(45(9-4)33(46)54)47-29(51)34(42(5)32(47)53)17-11-10-12-18-34/h13-16,20,23,26H,6-12,17-19H2,1-5H3,(H,49,50)(H,39,40,41)/t23?,26-/m0/s1. The molecule has 7 amide bonds. The second-order valence-electron chi connectivity index (χ2n) is 13.3. The number of anilines is 4. The van der Waals surface area contributed by atoms with Crippen molar-refractivity contribution in [2.24, 2.45) is 0 Å². The van der Waals surface area contributed by atoms with Crippen LogP contribution in [0.3, 0.4) is 0 Å². The van der Waals surface area contributed by atoms with E-state index < -0.39 is 66.2 Å². The molecule has 1 aliphatic carbocycles. The van der Waals surface area contributed by atoms with Gasteiger partial charge in [0, 0.05) is 39.6 Å². The van der Waals surface area contributed by atoms with Crippen molar-refractivity contribution in [2.45, 2.75) is 90.1 Å². The van der Waals surface area contributed by atoms with E-state index in [0.29, 0.717) is 36.4 Å². The molecule has 16 nitrogen and oxygen atoms in total. The van der Waals surface area contributed by atoms with Crippen LogP contribution in [-0.2, 0) is 25.6 Å². The number of carbonyl (C=O) groups excluding carboxylic acids is 5. The maximum Gasteiger partial charge on any atom is 0.471 e. The molecule has 1 aromatic heterocycles. The highest BCUT2D eigenvalue weighted by Gasteiger charge is 2.62. The Balaban J connectivity index is 1.41. The number of aliphatic carboxylic acids is 1. The summed E-state index contributed by atoms with van der Waals surface area (Å²) >= 11 is 0. The average Bonchev–Trinajstić information content (AvgIpc) is 3.49. The minimum absolute atomic E-state index is 0.0224. The molecule has 292 valence electrons. The number of likely N-dealkylation sites (N-methyl/N-ethyl adjacent to an activating group) is 2. The van der Waals surface area contributed by atoms with E-state index in [1.165, 1.54) is 43.1 Å². The fourth-order valence-electron chi connectivity index (χ4n) is 7.36. The van der Waals surface area contributed by atoms with Gasteiger partial charge < -0.3 is 25.1 Å². The van der Waals surface area contributed by atoms with E-state index in [0.717, 1.165) is 40.2 Å². The molecule has 1 saturated carbocycles. The number of nitrogens with one attached hydrogen (secondary N) is 1. The van der Waals surface area contributed by atoms with E-state index in [9.17, 15) is 47.0 Å². The molecule has 1 spiro atoms. The number of amides is 7. The number of imide groups is 2. The summed E-state index contributed by atoms with van der Waals surface area (Å²) in [6.07, 6.45) is -2.58. The Morgan fingerprint density at radius 2 is 1.61 bits per heavy atom. The first-order valence-electron chi connectivity index (χ1n) is 17.9. The van der Waals surface area contributed by atoms with Crippen LogP contribution < -0.4 is 20.0 Å². The minimum Gasteiger partial charge on any atom is -0.480 e. The highest BCUT2D eigenvalue weighted by atomic mass is 19.4. The number of alkyl halides is 3. The van der Waals surface area contributed by atoms with Crippen LogP contribution in [0.4, 0.5) is 45.9 Å². The van der Waals surface area contributed by atoms with Crippen LogP contribution in [0.15, 0.2) is 30.5 Å². The summed E-state index contributed by atoms with van der Waals surface area (Å²) in [5.41, 5.74) is -0.926. The van der Waals surface area contributed by atoms with Gasteiger partial charge in [-0.25, -0.2) is 29.2 Å². The van der Waals surface area contributed by atoms with Crippen molar-refractivity contribution in [3.63, 3.8) is 0 Å². The highest BCUT2D eigenvalue weighted by Crippen LogP contribution is 2.42. The van der Waals surface area contributed by atoms with Gasteiger partial charge in [-0.2, -0.15) is 18.2 Å². The smallest absolute Gasteiger partial charge is 0.471 e. The average molecular weight is 760 g/mol. The molecule has 5 rings (SSSR count). The maximum atomic E-state index is 13.9. The van der Waals surface area contributed by atoms with Gasteiger partial charge in [0.25, 0.3) is 11.8 Å². The van der Waals surface area contributed by atoms with Gasteiger partial charge in [0.05, 0.1) is 11.9 Å². The lowest BCUT2D eigenvalue weighted by molar-refractivity contribution is -0.170. The zero-order valence-corrected chi connectivity index (χ0v) is 30.7. The Morgan fingerprint density at radius 1 is 0.981 bits per heavy atom. The van der Waals surface area contributed by atoms with E-state index in [4.69, 9.17) is 0 Å². The van der Waals surface area contributed by atoms with Crippen LogP contribution in [0.25, 0.3) is 0 Å². The number of carboxylic acids is 1. The summed E-state index contributed by atoms with van der Waals surface area (Å²) in [7, 11) is 1.54. The maximum absolute atomic E-state index is 13.9. The molecule has 3 aliphatic rings. The molecule has 3 heterocycles. The Hall–Kier alpha value is -5.49. The van der Waals surface area contributed by atoms with E-state index in [1.54, 1.807) is 11.8 Å². The van der Waals surface area contributed by atoms with Gasteiger partial charge in [0.2, 0.25) is 5.95 Å². The lowest BCUT2D eigenvalue weighted by atomic mass is 9.80. The van der Waals surface area contributed by atoms with Crippen molar-refractivity contribution in [1.29, 1.82) is 0 Å². The predicted molar refractivity (Wildman–Crippen MR) is 190 cm³/mol. The first-order valence-corrected chi connectivity index (χ1v) is 17.9. The zero-order chi connectivity index (χ0) is 39.7. The van der Waals surface area contributed by atoms with Gasteiger partial charge >= 0.3 is 30.1 Å². The highest BCUT2D eigenvalue weighted by molar-refractivity contribution is 6.24. The summed E-state index contributed by atoms with van der Waals surface area (Å²) in [6, 6.07) is 2.91. The van der Waals surface area contributed by atoms with Crippen LogP contribution in [0, 0.1) is 0 Å². The van der Waals surface area contributed by atoms with E-state index >= 15 is 0 Å². The number of urea groups is 2. The molecule has 2 aliphatic heterocycles. The lowest BCUT2D eigenvalue weighted by Crippen LogP contribution is -2.54. The Bertz CT molecular complexity index is 1800. The molecule has 0 radical (unpaired) electrons. The Labute approximate surface area is 309 Å². The number of carbonyl (C=O) groups is 6. The summed E-state index contributed by atoms with van der Waals surface area (Å²) in [4.78, 5) is 94.6. The molecule has 1 aromatic carbocycles. The lowest BCUT2D eigenvalue weighted by Gasteiger charge is -2.36. The fourth-order valence-corrected chi connectivity index (χ4v) is 7.36. The van der Waals surface area contributed by atoms with Crippen molar-refractivity contribution in [3.05, 3.63) is 36.0 Å². The van der Waals surface area contributed by atoms with Gasteiger partial charge in [0.15, 0.2) is 12.0 Å². The summed E-state index contributed by atoms with van der Waals surface area (Å²) in [5.74, 6) is -5.07. The van der Waals surface area contributed by atoms with Crippen LogP contribution in [0.5, 0.6) is 0 Å². The molecule has 2 aromatic rings. The normalized spacial score (nSPS) is 19.2. The summed E-state index contributed by atoms with van der Waals surface area (Å²) in [6.45, 7) is 7.05. The monoisotopic (exact) mass is 759 g/mol. The summed E-state index contributed by atoms with van der Waals surface area (Å²) in [5, 5.41) is 12.9. The molecule has 54 heavy (non-hydrogen) atoms. The number of rotatable bonds is 13.